The summed E-state index contributed by atoms with van der Waals surface area (Å²) in [5, 5.41) is 7.33. The number of anilines is 1. The maximum atomic E-state index is 12.3. The van der Waals surface area contributed by atoms with Gasteiger partial charge in [0, 0.05) is 12.6 Å². The lowest BCUT2D eigenvalue weighted by Gasteiger charge is -2.05. The largest absolute Gasteiger partial charge is 0.451 e. The van der Waals surface area contributed by atoms with E-state index in [1.807, 2.05) is 13.8 Å². The van der Waals surface area contributed by atoms with Crippen LogP contribution in [0.3, 0.4) is 0 Å². The minimum atomic E-state index is -0.471. The van der Waals surface area contributed by atoms with Gasteiger partial charge in [0.1, 0.15) is 5.58 Å². The van der Waals surface area contributed by atoms with Gasteiger partial charge < -0.3 is 9.73 Å². The zero-order valence-corrected chi connectivity index (χ0v) is 12.3. The van der Waals surface area contributed by atoms with Crippen molar-refractivity contribution in [1.82, 2.24) is 9.78 Å². The number of amides is 1. The second kappa shape index (κ2) is 5.48. The van der Waals surface area contributed by atoms with Gasteiger partial charge in [0.25, 0.3) is 5.91 Å². The SMILES string of the molecule is CCn1ncc(NC(=O)c2cc(=O)c3ccccc3o2)c1C. The van der Waals surface area contributed by atoms with E-state index in [2.05, 4.69) is 10.4 Å². The summed E-state index contributed by atoms with van der Waals surface area (Å²) in [6, 6.07) is 8.04. The molecule has 0 aliphatic heterocycles. The molecule has 0 atom stereocenters. The molecule has 2 aromatic heterocycles. The van der Waals surface area contributed by atoms with Crippen molar-refractivity contribution in [2.75, 3.05) is 5.32 Å². The number of benzene rings is 1. The Hall–Kier alpha value is -2.89. The molecule has 3 rings (SSSR count). The number of rotatable bonds is 3. The van der Waals surface area contributed by atoms with Crippen molar-refractivity contribution in [3.05, 3.63) is 58.2 Å². The zero-order valence-electron chi connectivity index (χ0n) is 12.3. The summed E-state index contributed by atoms with van der Waals surface area (Å²) in [6.45, 7) is 4.55. The average molecular weight is 297 g/mol. The Morgan fingerprint density at radius 1 is 1.36 bits per heavy atom. The van der Waals surface area contributed by atoms with Gasteiger partial charge in [0.15, 0.2) is 11.2 Å². The van der Waals surface area contributed by atoms with Crippen LogP contribution in [0.2, 0.25) is 0 Å². The molecule has 1 N–H and O–H groups in total. The maximum absolute atomic E-state index is 12.3. The first-order valence-electron chi connectivity index (χ1n) is 6.97. The van der Waals surface area contributed by atoms with Crippen molar-refractivity contribution in [3.8, 4) is 0 Å². The summed E-state index contributed by atoms with van der Waals surface area (Å²) in [4.78, 5) is 24.3. The highest BCUT2D eigenvalue weighted by Crippen LogP contribution is 2.16. The minimum Gasteiger partial charge on any atom is -0.451 e. The molecule has 0 unspecified atom stereocenters. The van der Waals surface area contributed by atoms with E-state index in [0.717, 1.165) is 5.69 Å². The van der Waals surface area contributed by atoms with Gasteiger partial charge in [-0.25, -0.2) is 0 Å². The van der Waals surface area contributed by atoms with E-state index in [4.69, 9.17) is 4.42 Å². The van der Waals surface area contributed by atoms with Crippen molar-refractivity contribution in [2.24, 2.45) is 0 Å². The van der Waals surface area contributed by atoms with Gasteiger partial charge in [-0.05, 0) is 26.0 Å². The quantitative estimate of drug-likeness (QED) is 0.806. The van der Waals surface area contributed by atoms with Gasteiger partial charge >= 0.3 is 0 Å². The normalized spacial score (nSPS) is 10.8. The van der Waals surface area contributed by atoms with Crippen LogP contribution in [-0.2, 0) is 6.54 Å². The molecular weight excluding hydrogens is 282 g/mol. The molecule has 0 saturated heterocycles. The molecule has 6 heteroatoms. The fourth-order valence-corrected chi connectivity index (χ4v) is 2.29. The number of para-hydroxylation sites is 1. The topological polar surface area (TPSA) is 77.1 Å². The monoisotopic (exact) mass is 297 g/mol. The molecule has 0 fully saturated rings. The van der Waals surface area contributed by atoms with Crippen LogP contribution in [0.4, 0.5) is 5.69 Å². The zero-order chi connectivity index (χ0) is 15.7. The van der Waals surface area contributed by atoms with Crippen LogP contribution in [0.1, 0.15) is 23.2 Å². The van der Waals surface area contributed by atoms with E-state index in [-0.39, 0.29) is 11.2 Å². The van der Waals surface area contributed by atoms with Gasteiger partial charge in [0.2, 0.25) is 0 Å². The molecule has 22 heavy (non-hydrogen) atoms. The Labute approximate surface area is 126 Å². The van der Waals surface area contributed by atoms with Gasteiger partial charge in [-0.2, -0.15) is 5.10 Å². The molecule has 0 saturated carbocycles. The Morgan fingerprint density at radius 2 is 2.14 bits per heavy atom. The van der Waals surface area contributed by atoms with Crippen LogP contribution >= 0.6 is 0 Å². The third-order valence-corrected chi connectivity index (χ3v) is 3.51. The Morgan fingerprint density at radius 3 is 2.86 bits per heavy atom. The van der Waals surface area contributed by atoms with Gasteiger partial charge in [-0.15, -0.1) is 0 Å². The van der Waals surface area contributed by atoms with Crippen molar-refractivity contribution in [2.45, 2.75) is 20.4 Å². The average Bonchev–Trinajstić information content (AvgIpc) is 2.87. The summed E-state index contributed by atoms with van der Waals surface area (Å²) in [5.41, 5.74) is 1.59. The summed E-state index contributed by atoms with van der Waals surface area (Å²) in [7, 11) is 0. The molecule has 0 aliphatic rings. The number of carbonyl (C=O) groups is 1. The summed E-state index contributed by atoms with van der Waals surface area (Å²) in [5.74, 6) is -0.492. The number of aryl methyl sites for hydroxylation is 1. The molecule has 2 heterocycles. The van der Waals surface area contributed by atoms with Gasteiger partial charge in [-0.3, -0.25) is 14.3 Å². The number of nitrogens with one attached hydrogen (secondary N) is 1. The van der Waals surface area contributed by atoms with Crippen molar-refractivity contribution >= 4 is 22.6 Å². The van der Waals surface area contributed by atoms with Crippen LogP contribution < -0.4 is 10.7 Å². The molecule has 0 spiro atoms. The fourth-order valence-electron chi connectivity index (χ4n) is 2.29. The second-order valence-electron chi connectivity index (χ2n) is 4.88. The van der Waals surface area contributed by atoms with Crippen LogP contribution in [0, 0.1) is 6.92 Å². The first-order valence-corrected chi connectivity index (χ1v) is 6.97. The summed E-state index contributed by atoms with van der Waals surface area (Å²) >= 11 is 0. The first kappa shape index (κ1) is 14.1. The van der Waals surface area contributed by atoms with Crippen LogP contribution in [0.25, 0.3) is 11.0 Å². The van der Waals surface area contributed by atoms with E-state index in [9.17, 15) is 9.59 Å². The smallest absolute Gasteiger partial charge is 0.291 e. The number of fused-ring (bicyclic) bond motifs is 1. The van der Waals surface area contributed by atoms with E-state index >= 15 is 0 Å². The highest BCUT2D eigenvalue weighted by molar-refractivity contribution is 6.03. The molecule has 1 aromatic carbocycles. The molecule has 0 aliphatic carbocycles. The van der Waals surface area contributed by atoms with Gasteiger partial charge in [0.05, 0.1) is 23.0 Å². The molecule has 0 radical (unpaired) electrons. The first-order chi connectivity index (χ1) is 10.6. The van der Waals surface area contributed by atoms with Crippen LogP contribution in [-0.4, -0.2) is 15.7 Å². The predicted molar refractivity (Wildman–Crippen MR) is 83.1 cm³/mol. The minimum absolute atomic E-state index is 0.0210. The standard InChI is InChI=1S/C16H15N3O3/c1-3-19-10(2)12(9-17-19)18-16(21)15-8-13(20)11-6-4-5-7-14(11)22-15/h4-9H,3H2,1-2H3,(H,18,21). The Bertz CT molecular complexity index is 908. The van der Waals surface area contributed by atoms with Crippen LogP contribution in [0.5, 0.6) is 0 Å². The van der Waals surface area contributed by atoms with E-state index in [1.54, 1.807) is 35.1 Å². The number of hydrogen-bond acceptors (Lipinski definition) is 4. The van der Waals surface area contributed by atoms with E-state index in [0.29, 0.717) is 23.2 Å². The third-order valence-electron chi connectivity index (χ3n) is 3.51. The summed E-state index contributed by atoms with van der Waals surface area (Å²) in [6.07, 6.45) is 1.58. The molecule has 1 amide bonds. The Kier molecular flexibility index (Phi) is 3.50. The second-order valence-corrected chi connectivity index (χ2v) is 4.88. The van der Waals surface area contributed by atoms with Crippen molar-refractivity contribution < 1.29 is 9.21 Å². The van der Waals surface area contributed by atoms with Crippen molar-refractivity contribution in [1.29, 1.82) is 0 Å². The lowest BCUT2D eigenvalue weighted by molar-refractivity contribution is 0.0997. The lowest BCUT2D eigenvalue weighted by atomic mass is 10.2. The highest BCUT2D eigenvalue weighted by Gasteiger charge is 2.15. The van der Waals surface area contributed by atoms with Crippen LogP contribution in [0.15, 0.2) is 45.7 Å². The third kappa shape index (κ3) is 2.39. The molecule has 112 valence electrons. The number of aromatic nitrogens is 2. The van der Waals surface area contributed by atoms with Crippen molar-refractivity contribution in [3.63, 3.8) is 0 Å². The number of hydrogen-bond donors (Lipinski definition) is 1. The maximum Gasteiger partial charge on any atom is 0.291 e. The lowest BCUT2D eigenvalue weighted by Crippen LogP contribution is -2.15. The Balaban J connectivity index is 1.95. The van der Waals surface area contributed by atoms with E-state index in [1.165, 1.54) is 6.07 Å². The molecular formula is C16H15N3O3. The predicted octanol–water partition coefficient (Wildman–Crippen LogP) is 2.57. The number of carbonyl (C=O) groups excluding carboxylic acids is 1. The highest BCUT2D eigenvalue weighted by atomic mass is 16.3. The molecule has 3 aromatic rings. The summed E-state index contributed by atoms with van der Waals surface area (Å²) < 4.78 is 7.28. The van der Waals surface area contributed by atoms with E-state index < -0.39 is 5.91 Å². The molecule has 0 bridgehead atoms. The van der Waals surface area contributed by atoms with Gasteiger partial charge in [-0.1, -0.05) is 12.1 Å². The molecule has 6 nitrogen and oxygen atoms in total. The fraction of sp³-hybridized carbons (Fsp3) is 0.188. The number of nitrogens with zero attached hydrogens (tertiary/aromatic N) is 2.